The summed E-state index contributed by atoms with van der Waals surface area (Å²) in [5.74, 6) is -0.132. The molecule has 1 heterocycles. The third kappa shape index (κ3) is 4.65. The molecule has 1 N–H and O–H groups in total. The number of nitrogens with zero attached hydrogens (tertiary/aromatic N) is 2. The van der Waals surface area contributed by atoms with Gasteiger partial charge in [0.05, 0.1) is 16.3 Å². The van der Waals surface area contributed by atoms with Gasteiger partial charge in [0.15, 0.2) is 5.13 Å². The lowest BCUT2D eigenvalue weighted by molar-refractivity contribution is 0.102. The molecule has 3 aromatic rings. The van der Waals surface area contributed by atoms with Crippen molar-refractivity contribution >= 4 is 38.1 Å². The first-order chi connectivity index (χ1) is 13.7. The van der Waals surface area contributed by atoms with Gasteiger partial charge < -0.3 is 0 Å². The van der Waals surface area contributed by atoms with Gasteiger partial charge in [-0.2, -0.15) is 0 Å². The molecule has 152 valence electrons. The van der Waals surface area contributed by atoms with Crippen molar-refractivity contribution < 1.29 is 13.2 Å². The van der Waals surface area contributed by atoms with Crippen LogP contribution < -0.4 is 9.62 Å². The van der Waals surface area contributed by atoms with E-state index in [0.717, 1.165) is 11.3 Å². The van der Waals surface area contributed by atoms with E-state index in [-0.39, 0.29) is 16.4 Å². The SMILES string of the molecule is Cc1ccc(N(C)S(=O)(=O)c2cccc(C(=O)Nc3nc(C(C)C)cs3)c2)cc1. The Kier molecular flexibility index (Phi) is 6.04. The van der Waals surface area contributed by atoms with Gasteiger partial charge in [0.2, 0.25) is 0 Å². The summed E-state index contributed by atoms with van der Waals surface area (Å²) in [6, 6.07) is 13.2. The van der Waals surface area contributed by atoms with Crippen LogP contribution in [0.5, 0.6) is 0 Å². The number of nitrogens with one attached hydrogen (secondary N) is 1. The number of hydrogen-bond acceptors (Lipinski definition) is 5. The molecule has 0 atom stereocenters. The van der Waals surface area contributed by atoms with Gasteiger partial charge in [0, 0.05) is 18.0 Å². The zero-order chi connectivity index (χ0) is 21.2. The van der Waals surface area contributed by atoms with Crippen LogP contribution in [-0.4, -0.2) is 26.4 Å². The molecule has 6 nitrogen and oxygen atoms in total. The van der Waals surface area contributed by atoms with Crippen LogP contribution in [0.1, 0.15) is 41.4 Å². The summed E-state index contributed by atoms with van der Waals surface area (Å²) in [5, 5.41) is 5.13. The zero-order valence-corrected chi connectivity index (χ0v) is 18.3. The Morgan fingerprint density at radius 1 is 1.14 bits per heavy atom. The molecular weight excluding hydrogens is 406 g/mol. The van der Waals surface area contributed by atoms with E-state index in [2.05, 4.69) is 10.3 Å². The van der Waals surface area contributed by atoms with Crippen LogP contribution in [0.25, 0.3) is 0 Å². The highest BCUT2D eigenvalue weighted by atomic mass is 32.2. The van der Waals surface area contributed by atoms with Crippen LogP contribution in [0, 0.1) is 6.92 Å². The highest BCUT2D eigenvalue weighted by molar-refractivity contribution is 7.92. The minimum Gasteiger partial charge on any atom is -0.298 e. The number of hydrogen-bond donors (Lipinski definition) is 1. The fourth-order valence-electron chi connectivity index (χ4n) is 2.63. The molecule has 0 bridgehead atoms. The normalized spacial score (nSPS) is 11.5. The standard InChI is InChI=1S/C21H23N3O3S2/c1-14(2)19-13-28-21(22-19)23-20(25)16-6-5-7-18(12-16)29(26,27)24(4)17-10-8-15(3)9-11-17/h5-14H,1-4H3,(H,22,23,25). The third-order valence-corrected chi connectivity index (χ3v) is 7.04. The van der Waals surface area contributed by atoms with Gasteiger partial charge in [-0.25, -0.2) is 13.4 Å². The zero-order valence-electron chi connectivity index (χ0n) is 16.7. The summed E-state index contributed by atoms with van der Waals surface area (Å²) < 4.78 is 27.2. The van der Waals surface area contributed by atoms with Crippen molar-refractivity contribution in [3.05, 3.63) is 70.7 Å². The van der Waals surface area contributed by atoms with Gasteiger partial charge in [-0.3, -0.25) is 14.4 Å². The highest BCUT2D eigenvalue weighted by Gasteiger charge is 2.22. The lowest BCUT2D eigenvalue weighted by Crippen LogP contribution is -2.26. The van der Waals surface area contributed by atoms with Gasteiger partial charge in [-0.05, 0) is 43.2 Å². The third-order valence-electron chi connectivity index (χ3n) is 4.49. The number of benzene rings is 2. The maximum absolute atomic E-state index is 13.0. The summed E-state index contributed by atoms with van der Waals surface area (Å²) in [5.41, 5.74) is 2.75. The number of carbonyl (C=O) groups excluding carboxylic acids is 1. The minimum absolute atomic E-state index is 0.0511. The second-order valence-electron chi connectivity index (χ2n) is 7.02. The van der Waals surface area contributed by atoms with Gasteiger partial charge in [-0.15, -0.1) is 11.3 Å². The Labute approximate surface area is 175 Å². The van der Waals surface area contributed by atoms with Crippen LogP contribution in [0.4, 0.5) is 10.8 Å². The molecule has 1 aromatic heterocycles. The van der Waals surface area contributed by atoms with E-state index < -0.39 is 15.9 Å². The van der Waals surface area contributed by atoms with E-state index in [1.165, 1.54) is 34.8 Å². The molecule has 0 aliphatic rings. The number of thiazole rings is 1. The molecule has 0 saturated heterocycles. The Bertz CT molecular complexity index is 1120. The highest BCUT2D eigenvalue weighted by Crippen LogP contribution is 2.24. The fourth-order valence-corrected chi connectivity index (χ4v) is 4.74. The summed E-state index contributed by atoms with van der Waals surface area (Å²) in [6.45, 7) is 5.99. The van der Waals surface area contributed by atoms with E-state index in [1.807, 2.05) is 38.3 Å². The van der Waals surface area contributed by atoms with Crippen LogP contribution in [0.15, 0.2) is 58.8 Å². The molecule has 2 aromatic carbocycles. The van der Waals surface area contributed by atoms with Crippen molar-refractivity contribution in [3.8, 4) is 0 Å². The number of aryl methyl sites for hydroxylation is 1. The number of amides is 1. The van der Waals surface area contributed by atoms with Crippen molar-refractivity contribution in [2.45, 2.75) is 31.6 Å². The molecule has 1 amide bonds. The van der Waals surface area contributed by atoms with E-state index in [9.17, 15) is 13.2 Å². The number of rotatable bonds is 6. The molecule has 0 aliphatic carbocycles. The number of carbonyl (C=O) groups is 1. The first-order valence-corrected chi connectivity index (χ1v) is 11.4. The van der Waals surface area contributed by atoms with Crippen molar-refractivity contribution in [3.63, 3.8) is 0 Å². The van der Waals surface area contributed by atoms with E-state index in [0.29, 0.717) is 10.8 Å². The smallest absolute Gasteiger partial charge is 0.264 e. The van der Waals surface area contributed by atoms with Gasteiger partial charge in [0.25, 0.3) is 15.9 Å². The Morgan fingerprint density at radius 3 is 2.45 bits per heavy atom. The average Bonchev–Trinajstić information content (AvgIpc) is 3.17. The summed E-state index contributed by atoms with van der Waals surface area (Å²) in [7, 11) is -2.30. The molecular formula is C21H23N3O3S2. The topological polar surface area (TPSA) is 79.4 Å². The molecule has 8 heteroatoms. The molecule has 29 heavy (non-hydrogen) atoms. The van der Waals surface area contributed by atoms with Crippen LogP contribution in [0.2, 0.25) is 0 Å². The maximum atomic E-state index is 13.0. The predicted octanol–water partition coefficient (Wildman–Crippen LogP) is 4.65. The maximum Gasteiger partial charge on any atom is 0.264 e. The molecule has 3 rings (SSSR count). The van der Waals surface area contributed by atoms with Gasteiger partial charge in [0.1, 0.15) is 0 Å². The molecule has 0 saturated carbocycles. The van der Waals surface area contributed by atoms with Crippen molar-refractivity contribution in [2.75, 3.05) is 16.7 Å². The molecule has 0 aliphatic heterocycles. The Hall–Kier alpha value is -2.71. The monoisotopic (exact) mass is 429 g/mol. The summed E-state index contributed by atoms with van der Waals surface area (Å²) in [6.07, 6.45) is 0. The fraction of sp³-hybridized carbons (Fsp3) is 0.238. The Morgan fingerprint density at radius 2 is 1.83 bits per heavy atom. The van der Waals surface area contributed by atoms with Crippen LogP contribution in [-0.2, 0) is 10.0 Å². The lowest BCUT2D eigenvalue weighted by atomic mass is 10.2. The van der Waals surface area contributed by atoms with Gasteiger partial charge >= 0.3 is 0 Å². The molecule has 0 fully saturated rings. The first-order valence-electron chi connectivity index (χ1n) is 9.11. The van der Waals surface area contributed by atoms with Crippen LogP contribution in [0.3, 0.4) is 0 Å². The summed E-state index contributed by atoms with van der Waals surface area (Å²) in [4.78, 5) is 17.0. The molecule has 0 spiro atoms. The predicted molar refractivity (Wildman–Crippen MR) is 117 cm³/mol. The minimum atomic E-state index is -3.80. The van der Waals surface area contributed by atoms with Crippen LogP contribution >= 0.6 is 11.3 Å². The van der Waals surface area contributed by atoms with Crippen molar-refractivity contribution in [1.82, 2.24) is 4.98 Å². The quantitative estimate of drug-likeness (QED) is 0.618. The second-order valence-corrected chi connectivity index (χ2v) is 9.85. The van der Waals surface area contributed by atoms with Crippen molar-refractivity contribution in [2.24, 2.45) is 0 Å². The second kappa shape index (κ2) is 8.34. The lowest BCUT2D eigenvalue weighted by Gasteiger charge is -2.20. The summed E-state index contributed by atoms with van der Waals surface area (Å²) >= 11 is 1.34. The van der Waals surface area contributed by atoms with Crippen molar-refractivity contribution in [1.29, 1.82) is 0 Å². The largest absolute Gasteiger partial charge is 0.298 e. The number of aromatic nitrogens is 1. The van der Waals surface area contributed by atoms with E-state index >= 15 is 0 Å². The van der Waals surface area contributed by atoms with Gasteiger partial charge in [-0.1, -0.05) is 37.6 Å². The van der Waals surface area contributed by atoms with E-state index in [1.54, 1.807) is 24.3 Å². The first kappa shape index (κ1) is 21.0. The molecule has 0 unspecified atom stereocenters. The average molecular weight is 430 g/mol. The molecule has 0 radical (unpaired) electrons. The number of sulfonamides is 1. The van der Waals surface area contributed by atoms with E-state index in [4.69, 9.17) is 0 Å². The number of anilines is 2. The Balaban J connectivity index is 1.83.